The van der Waals surface area contributed by atoms with Crippen LogP contribution in [0.3, 0.4) is 0 Å². The van der Waals surface area contributed by atoms with Crippen molar-refractivity contribution in [3.8, 4) is 0 Å². The predicted molar refractivity (Wildman–Crippen MR) is 104 cm³/mol. The maximum absolute atomic E-state index is 11.9. The van der Waals surface area contributed by atoms with Crippen molar-refractivity contribution in [2.24, 2.45) is 0 Å². The van der Waals surface area contributed by atoms with Gasteiger partial charge in [0.15, 0.2) is 11.7 Å². The van der Waals surface area contributed by atoms with E-state index >= 15 is 0 Å². The van der Waals surface area contributed by atoms with Crippen molar-refractivity contribution >= 4 is 28.9 Å². The van der Waals surface area contributed by atoms with Crippen LogP contribution >= 0.6 is 12.2 Å². The van der Waals surface area contributed by atoms with Crippen molar-refractivity contribution in [1.29, 1.82) is 0 Å². The number of anilines is 1. The number of carbonyl (C=O) groups is 1. The molecule has 6 nitrogen and oxygen atoms in total. The number of nitrogens with one attached hydrogen (secondary N) is 3. The van der Waals surface area contributed by atoms with Crippen LogP contribution in [0, 0.1) is 6.92 Å². The molecule has 1 saturated heterocycles. The van der Waals surface area contributed by atoms with Crippen LogP contribution in [0.1, 0.15) is 12.0 Å². The summed E-state index contributed by atoms with van der Waals surface area (Å²) in [6.07, 6.45) is 0.851. The van der Waals surface area contributed by atoms with Gasteiger partial charge in [0.25, 0.3) is 5.91 Å². The van der Waals surface area contributed by atoms with Crippen molar-refractivity contribution < 1.29 is 14.4 Å². The lowest BCUT2D eigenvalue weighted by Crippen LogP contribution is -3.15. The van der Waals surface area contributed by atoms with Crippen LogP contribution in [-0.4, -0.2) is 68.9 Å². The third kappa shape index (κ3) is 6.97. The molecule has 0 spiro atoms. The molecule has 0 bridgehead atoms. The number of ether oxygens (including phenoxy) is 1. The molecule has 1 heterocycles. The molecule has 0 atom stereocenters. The van der Waals surface area contributed by atoms with E-state index in [2.05, 4.69) is 34.6 Å². The van der Waals surface area contributed by atoms with Gasteiger partial charge in [-0.2, -0.15) is 0 Å². The Bertz CT molecular complexity index is 574. The van der Waals surface area contributed by atoms with Gasteiger partial charge in [-0.25, -0.2) is 0 Å². The molecule has 0 aromatic heterocycles. The molecule has 1 fully saturated rings. The number of amides is 1. The van der Waals surface area contributed by atoms with Gasteiger partial charge in [-0.05, 0) is 43.3 Å². The maximum Gasteiger partial charge on any atom is 0.275 e. The van der Waals surface area contributed by atoms with Gasteiger partial charge in [0.05, 0.1) is 26.2 Å². The minimum absolute atomic E-state index is 0.111. The average Bonchev–Trinajstić information content (AvgIpc) is 2.59. The molecule has 25 heavy (non-hydrogen) atoms. The van der Waals surface area contributed by atoms with E-state index in [4.69, 9.17) is 17.0 Å². The highest BCUT2D eigenvalue weighted by atomic mass is 32.1. The molecule has 138 valence electrons. The quantitative estimate of drug-likeness (QED) is 0.471. The Morgan fingerprint density at radius 3 is 2.80 bits per heavy atom. The number of rotatable bonds is 7. The second kappa shape index (κ2) is 10.3. The Hall–Kier alpha value is -1.70. The van der Waals surface area contributed by atoms with E-state index in [-0.39, 0.29) is 5.91 Å². The largest absolute Gasteiger partial charge is 0.385 e. The zero-order valence-electron chi connectivity index (χ0n) is 15.1. The number of quaternary nitrogens is 1. The molecule has 1 aromatic carbocycles. The Morgan fingerprint density at radius 1 is 1.36 bits per heavy atom. The van der Waals surface area contributed by atoms with Gasteiger partial charge in [-0.3, -0.25) is 4.79 Å². The first kappa shape index (κ1) is 19.6. The Labute approximate surface area is 155 Å². The molecule has 1 aliphatic rings. The lowest BCUT2D eigenvalue weighted by molar-refractivity contribution is -0.895. The van der Waals surface area contributed by atoms with Gasteiger partial charge >= 0.3 is 0 Å². The molecule has 2 rings (SSSR count). The molecular formula is C18H29N4O2S+. The number of methoxy groups -OCH3 is 1. The summed E-state index contributed by atoms with van der Waals surface area (Å²) in [7, 11) is 1.67. The number of hydrogen-bond acceptors (Lipinski definition) is 3. The van der Waals surface area contributed by atoms with Crippen LogP contribution in [0.4, 0.5) is 5.69 Å². The normalized spacial score (nSPS) is 15.0. The Kier molecular flexibility index (Phi) is 8.11. The number of hydrogen-bond donors (Lipinski definition) is 3. The lowest BCUT2D eigenvalue weighted by atomic mass is 10.2. The summed E-state index contributed by atoms with van der Waals surface area (Å²) >= 11 is 5.52. The van der Waals surface area contributed by atoms with Crippen LogP contribution < -0.4 is 15.5 Å². The second-order valence-corrected chi connectivity index (χ2v) is 6.80. The highest BCUT2D eigenvalue weighted by Gasteiger charge is 2.23. The fourth-order valence-electron chi connectivity index (χ4n) is 2.86. The first-order valence-corrected chi connectivity index (χ1v) is 9.21. The van der Waals surface area contributed by atoms with Crippen molar-refractivity contribution in [3.63, 3.8) is 0 Å². The van der Waals surface area contributed by atoms with Gasteiger partial charge in [0.2, 0.25) is 0 Å². The van der Waals surface area contributed by atoms with Gasteiger partial charge < -0.3 is 25.2 Å². The Balaban J connectivity index is 1.68. The molecule has 1 aliphatic heterocycles. The topological polar surface area (TPSA) is 58.0 Å². The number of piperazine rings is 1. The van der Waals surface area contributed by atoms with E-state index in [1.54, 1.807) is 7.11 Å². The second-order valence-electron chi connectivity index (χ2n) is 6.41. The summed E-state index contributed by atoms with van der Waals surface area (Å²) in [6, 6.07) is 8.20. The minimum Gasteiger partial charge on any atom is -0.385 e. The van der Waals surface area contributed by atoms with Gasteiger partial charge in [0.1, 0.15) is 0 Å². The third-order valence-electron chi connectivity index (χ3n) is 4.29. The summed E-state index contributed by atoms with van der Waals surface area (Å²) in [5.41, 5.74) is 2.23. The summed E-state index contributed by atoms with van der Waals surface area (Å²) in [6.45, 7) is 7.51. The smallest absolute Gasteiger partial charge is 0.275 e. The van der Waals surface area contributed by atoms with Crippen molar-refractivity contribution in [2.75, 3.05) is 58.3 Å². The third-order valence-corrected chi connectivity index (χ3v) is 4.65. The fourth-order valence-corrected chi connectivity index (χ4v) is 3.16. The molecule has 1 aromatic rings. The average molecular weight is 366 g/mol. The standard InChI is InChI=1S/C18H28N4O2S/c1-15-5-3-6-16(13-15)20-18(25)22-10-8-21(9-11-22)14-17(23)19-7-4-12-24-2/h3,5-6,13H,4,7-12,14H2,1-2H3,(H,19,23)(H,20,25)/p+1. The monoisotopic (exact) mass is 365 g/mol. The summed E-state index contributed by atoms with van der Waals surface area (Å²) < 4.78 is 4.98. The Morgan fingerprint density at radius 2 is 2.12 bits per heavy atom. The molecule has 3 N–H and O–H groups in total. The molecule has 0 aliphatic carbocycles. The summed E-state index contributed by atoms with van der Waals surface area (Å²) in [5, 5.41) is 7.01. The van der Waals surface area contributed by atoms with Gasteiger partial charge in [0, 0.05) is 25.9 Å². The van der Waals surface area contributed by atoms with E-state index < -0.39 is 0 Å². The fraction of sp³-hybridized carbons (Fsp3) is 0.556. The lowest BCUT2D eigenvalue weighted by Gasteiger charge is -2.33. The zero-order chi connectivity index (χ0) is 18.1. The number of carbonyl (C=O) groups excluding carboxylic acids is 1. The van der Waals surface area contributed by atoms with E-state index in [0.717, 1.165) is 43.4 Å². The zero-order valence-corrected chi connectivity index (χ0v) is 16.0. The molecule has 0 unspecified atom stereocenters. The highest BCUT2D eigenvalue weighted by molar-refractivity contribution is 7.80. The van der Waals surface area contributed by atoms with E-state index in [0.29, 0.717) is 19.7 Å². The van der Waals surface area contributed by atoms with E-state index in [1.807, 2.05) is 12.1 Å². The van der Waals surface area contributed by atoms with Gasteiger partial charge in [-0.1, -0.05) is 12.1 Å². The summed E-state index contributed by atoms with van der Waals surface area (Å²) in [5.74, 6) is 0.111. The molecule has 1 amide bonds. The number of thiocarbonyl (C=S) groups is 1. The van der Waals surface area contributed by atoms with E-state index in [1.165, 1.54) is 10.5 Å². The number of nitrogens with zero attached hydrogens (tertiary/aromatic N) is 1. The van der Waals surface area contributed by atoms with Crippen LogP contribution in [0.2, 0.25) is 0 Å². The molecular weight excluding hydrogens is 336 g/mol. The number of aryl methyl sites for hydroxylation is 1. The van der Waals surface area contributed by atoms with Gasteiger partial charge in [-0.15, -0.1) is 0 Å². The first-order chi connectivity index (χ1) is 12.1. The predicted octanol–water partition coefficient (Wildman–Crippen LogP) is 0.0450. The van der Waals surface area contributed by atoms with Crippen molar-refractivity contribution in [2.45, 2.75) is 13.3 Å². The highest BCUT2D eigenvalue weighted by Crippen LogP contribution is 2.10. The summed E-state index contributed by atoms with van der Waals surface area (Å²) in [4.78, 5) is 15.4. The van der Waals surface area contributed by atoms with Crippen LogP contribution in [0.5, 0.6) is 0 Å². The van der Waals surface area contributed by atoms with Crippen LogP contribution in [-0.2, 0) is 9.53 Å². The maximum atomic E-state index is 11.9. The first-order valence-electron chi connectivity index (χ1n) is 8.80. The molecule has 0 saturated carbocycles. The van der Waals surface area contributed by atoms with Crippen LogP contribution in [0.15, 0.2) is 24.3 Å². The van der Waals surface area contributed by atoms with E-state index in [9.17, 15) is 4.79 Å². The van der Waals surface area contributed by atoms with Crippen molar-refractivity contribution in [1.82, 2.24) is 10.2 Å². The SMILES string of the molecule is COCCCNC(=O)C[NH+]1CCN(C(=S)Nc2cccc(C)c2)CC1. The molecule has 7 heteroatoms. The molecule has 0 radical (unpaired) electrons. The minimum atomic E-state index is 0.111. The van der Waals surface area contributed by atoms with Crippen molar-refractivity contribution in [3.05, 3.63) is 29.8 Å². The van der Waals surface area contributed by atoms with Crippen LogP contribution in [0.25, 0.3) is 0 Å². The number of benzene rings is 1.